The van der Waals surface area contributed by atoms with Crippen LogP contribution in [0.1, 0.15) is 36.0 Å². The Morgan fingerprint density at radius 1 is 1.24 bits per heavy atom. The number of amides is 1. The molecule has 21 heavy (non-hydrogen) atoms. The highest BCUT2D eigenvalue weighted by Crippen LogP contribution is 2.19. The molecule has 3 N–H and O–H groups in total. The van der Waals surface area contributed by atoms with Gasteiger partial charge in [0.2, 0.25) is 5.88 Å². The van der Waals surface area contributed by atoms with E-state index in [0.29, 0.717) is 11.3 Å². The number of carbonyl (C=O) groups is 1. The van der Waals surface area contributed by atoms with Crippen LogP contribution in [0.15, 0.2) is 35.3 Å². The van der Waals surface area contributed by atoms with Crippen molar-refractivity contribution >= 4 is 5.91 Å². The number of H-pyrrole nitrogens is 1. The largest absolute Gasteiger partial charge is 0.493 e. The summed E-state index contributed by atoms with van der Waals surface area (Å²) in [5.74, 6) is -0.262. The molecule has 1 aromatic carbocycles. The van der Waals surface area contributed by atoms with Crippen molar-refractivity contribution in [1.82, 2.24) is 14.9 Å². The second kappa shape index (κ2) is 5.47. The number of nitrogens with one attached hydrogen (secondary N) is 2. The van der Waals surface area contributed by atoms with Crippen LogP contribution in [0.4, 0.5) is 0 Å². The minimum absolute atomic E-state index is 0.0981. The molecule has 0 bridgehead atoms. The molecule has 0 atom stereocenters. The monoisotopic (exact) mass is 287 g/mol. The Kier molecular flexibility index (Phi) is 3.51. The number of aromatic amines is 1. The second-order valence-electron chi connectivity index (χ2n) is 5.29. The molecule has 110 valence electrons. The highest BCUT2D eigenvalue weighted by atomic mass is 16.3. The maximum absolute atomic E-state index is 12.1. The maximum Gasteiger partial charge on any atom is 0.333 e. The summed E-state index contributed by atoms with van der Waals surface area (Å²) >= 11 is 0. The molecule has 0 spiro atoms. The standard InChI is InChI=1S/C15H17N3O3/c19-13-9-16-15(21)18(13)12-7-5-10(6-8-12)14(20)17-11-3-1-2-4-11/h5-9,11,19H,1-4H2,(H,16,21)(H,17,20). The van der Waals surface area contributed by atoms with Crippen LogP contribution >= 0.6 is 0 Å². The van der Waals surface area contributed by atoms with Gasteiger partial charge in [0.05, 0.1) is 11.9 Å². The lowest BCUT2D eigenvalue weighted by Gasteiger charge is -2.12. The van der Waals surface area contributed by atoms with Gasteiger partial charge in [-0.05, 0) is 37.1 Å². The normalized spacial score (nSPS) is 15.2. The van der Waals surface area contributed by atoms with Crippen molar-refractivity contribution in [2.75, 3.05) is 0 Å². The molecule has 6 heteroatoms. The summed E-state index contributed by atoms with van der Waals surface area (Å²) in [4.78, 5) is 26.1. The quantitative estimate of drug-likeness (QED) is 0.800. The van der Waals surface area contributed by atoms with Crippen LogP contribution in [0.5, 0.6) is 5.88 Å². The van der Waals surface area contributed by atoms with Gasteiger partial charge in [-0.25, -0.2) is 9.36 Å². The first-order valence-electron chi connectivity index (χ1n) is 7.06. The summed E-state index contributed by atoms with van der Waals surface area (Å²) in [6.07, 6.45) is 5.63. The molecule has 1 aliphatic carbocycles. The fourth-order valence-corrected chi connectivity index (χ4v) is 2.71. The molecule has 0 unspecified atom stereocenters. The predicted molar refractivity (Wildman–Crippen MR) is 77.8 cm³/mol. The van der Waals surface area contributed by atoms with E-state index in [1.165, 1.54) is 19.0 Å². The number of carbonyl (C=O) groups excluding carboxylic acids is 1. The van der Waals surface area contributed by atoms with Crippen molar-refractivity contribution in [3.05, 3.63) is 46.5 Å². The van der Waals surface area contributed by atoms with Gasteiger partial charge in [-0.1, -0.05) is 12.8 Å². The minimum atomic E-state index is -0.421. The third kappa shape index (κ3) is 2.69. The zero-order chi connectivity index (χ0) is 14.8. The van der Waals surface area contributed by atoms with Crippen LogP contribution in [0.25, 0.3) is 5.69 Å². The van der Waals surface area contributed by atoms with E-state index in [1.807, 2.05) is 0 Å². The van der Waals surface area contributed by atoms with Crippen molar-refractivity contribution in [2.45, 2.75) is 31.7 Å². The lowest BCUT2D eigenvalue weighted by molar-refractivity contribution is 0.0938. The van der Waals surface area contributed by atoms with E-state index >= 15 is 0 Å². The Bertz CT molecular complexity index is 694. The molecule has 1 amide bonds. The van der Waals surface area contributed by atoms with Gasteiger partial charge in [0.1, 0.15) is 0 Å². The summed E-state index contributed by atoms with van der Waals surface area (Å²) < 4.78 is 1.14. The van der Waals surface area contributed by atoms with Crippen LogP contribution in [0, 0.1) is 0 Å². The molecule has 1 aliphatic rings. The molecule has 1 heterocycles. The highest BCUT2D eigenvalue weighted by Gasteiger charge is 2.18. The van der Waals surface area contributed by atoms with Crippen molar-refractivity contribution in [3.8, 4) is 11.6 Å². The van der Waals surface area contributed by atoms with Crippen LogP contribution in [0.3, 0.4) is 0 Å². The molecule has 0 radical (unpaired) electrons. The van der Waals surface area contributed by atoms with Crippen molar-refractivity contribution in [3.63, 3.8) is 0 Å². The van der Waals surface area contributed by atoms with E-state index in [1.54, 1.807) is 24.3 Å². The Balaban J connectivity index is 1.77. The maximum atomic E-state index is 12.1. The van der Waals surface area contributed by atoms with Gasteiger partial charge >= 0.3 is 5.69 Å². The lowest BCUT2D eigenvalue weighted by Crippen LogP contribution is -2.32. The van der Waals surface area contributed by atoms with Crippen LogP contribution < -0.4 is 11.0 Å². The van der Waals surface area contributed by atoms with Crippen LogP contribution in [0.2, 0.25) is 0 Å². The third-order valence-corrected chi connectivity index (χ3v) is 3.84. The number of nitrogens with zero attached hydrogens (tertiary/aromatic N) is 1. The average Bonchev–Trinajstić information content (AvgIpc) is 3.09. The van der Waals surface area contributed by atoms with Gasteiger partial charge in [-0.2, -0.15) is 0 Å². The summed E-state index contributed by atoms with van der Waals surface area (Å²) in [6.45, 7) is 0. The van der Waals surface area contributed by atoms with Gasteiger partial charge in [0.25, 0.3) is 5.91 Å². The van der Waals surface area contributed by atoms with Gasteiger partial charge < -0.3 is 15.4 Å². The Labute approximate surface area is 121 Å². The number of aromatic nitrogens is 2. The van der Waals surface area contributed by atoms with E-state index in [2.05, 4.69) is 10.3 Å². The van der Waals surface area contributed by atoms with E-state index < -0.39 is 5.69 Å². The summed E-state index contributed by atoms with van der Waals surface area (Å²) in [5.41, 5.74) is 0.639. The number of aromatic hydroxyl groups is 1. The van der Waals surface area contributed by atoms with Gasteiger partial charge in [0, 0.05) is 11.6 Å². The van der Waals surface area contributed by atoms with E-state index in [4.69, 9.17) is 0 Å². The second-order valence-corrected chi connectivity index (χ2v) is 5.29. The average molecular weight is 287 g/mol. The van der Waals surface area contributed by atoms with Crippen LogP contribution in [-0.4, -0.2) is 26.6 Å². The zero-order valence-electron chi connectivity index (χ0n) is 11.5. The number of hydrogen-bond acceptors (Lipinski definition) is 3. The molecule has 1 fully saturated rings. The first kappa shape index (κ1) is 13.5. The topological polar surface area (TPSA) is 87.1 Å². The first-order valence-corrected chi connectivity index (χ1v) is 7.06. The lowest BCUT2D eigenvalue weighted by atomic mass is 10.1. The molecule has 3 rings (SSSR count). The SMILES string of the molecule is O=C(NC1CCCC1)c1ccc(-n2c(O)c[nH]c2=O)cc1. The number of benzene rings is 1. The van der Waals surface area contributed by atoms with Crippen molar-refractivity contribution in [2.24, 2.45) is 0 Å². The fraction of sp³-hybridized carbons (Fsp3) is 0.333. The molecule has 0 saturated heterocycles. The Hall–Kier alpha value is -2.50. The molecule has 1 aromatic heterocycles. The smallest absolute Gasteiger partial charge is 0.333 e. The molecule has 2 aromatic rings. The highest BCUT2D eigenvalue weighted by molar-refractivity contribution is 5.94. The predicted octanol–water partition coefficient (Wildman–Crippen LogP) is 1.54. The minimum Gasteiger partial charge on any atom is -0.493 e. The van der Waals surface area contributed by atoms with Crippen molar-refractivity contribution in [1.29, 1.82) is 0 Å². The van der Waals surface area contributed by atoms with Crippen LogP contribution in [-0.2, 0) is 0 Å². The van der Waals surface area contributed by atoms with Gasteiger partial charge in [-0.15, -0.1) is 0 Å². The van der Waals surface area contributed by atoms with Gasteiger partial charge in [0.15, 0.2) is 0 Å². The zero-order valence-corrected chi connectivity index (χ0v) is 11.5. The van der Waals surface area contributed by atoms with E-state index in [0.717, 1.165) is 17.4 Å². The molecule has 6 nitrogen and oxygen atoms in total. The molecular weight excluding hydrogens is 270 g/mol. The number of rotatable bonds is 3. The summed E-state index contributed by atoms with van der Waals surface area (Å²) in [5, 5.41) is 12.6. The number of imidazole rings is 1. The van der Waals surface area contributed by atoms with Gasteiger partial charge in [-0.3, -0.25) is 4.79 Å². The van der Waals surface area contributed by atoms with E-state index in [-0.39, 0.29) is 17.8 Å². The van der Waals surface area contributed by atoms with E-state index in [9.17, 15) is 14.7 Å². The summed E-state index contributed by atoms with van der Waals surface area (Å²) in [7, 11) is 0. The molecular formula is C15H17N3O3. The third-order valence-electron chi connectivity index (χ3n) is 3.84. The molecule has 1 saturated carbocycles. The number of hydrogen-bond donors (Lipinski definition) is 3. The Morgan fingerprint density at radius 3 is 2.48 bits per heavy atom. The fourth-order valence-electron chi connectivity index (χ4n) is 2.71. The Morgan fingerprint density at radius 2 is 1.90 bits per heavy atom. The first-order chi connectivity index (χ1) is 10.1. The molecule has 0 aliphatic heterocycles. The summed E-state index contributed by atoms with van der Waals surface area (Å²) in [6, 6.07) is 6.85. The van der Waals surface area contributed by atoms with Crippen molar-refractivity contribution < 1.29 is 9.90 Å².